The van der Waals surface area contributed by atoms with E-state index < -0.39 is 74.8 Å². The van der Waals surface area contributed by atoms with Crippen molar-refractivity contribution in [3.63, 3.8) is 0 Å². The van der Waals surface area contributed by atoms with Crippen LogP contribution in [0.5, 0.6) is 23.0 Å². The standard InChI is InChI=1S/C22H13F9O4/c23-20(24,25)13-5-12(6-14(7-13)21(26,27)28)19(22(29,30)31,10-1-3-15(32)17(34)8-10)11-2-4-16(33)18(35)9-11/h1-9,32-35H. The minimum atomic E-state index is -5.69. The van der Waals surface area contributed by atoms with Gasteiger partial charge in [-0.15, -0.1) is 0 Å². The van der Waals surface area contributed by atoms with Crippen molar-refractivity contribution < 1.29 is 59.9 Å². The maximum Gasteiger partial charge on any atom is 0.416 e. The molecule has 188 valence electrons. The van der Waals surface area contributed by atoms with Gasteiger partial charge in [0.15, 0.2) is 23.0 Å². The number of hydrogen-bond donors (Lipinski definition) is 4. The second-order valence-corrected chi connectivity index (χ2v) is 7.45. The predicted octanol–water partition coefficient (Wildman–Crippen LogP) is 6.44. The summed E-state index contributed by atoms with van der Waals surface area (Å²) in [5.74, 6) is -4.14. The molecule has 0 unspecified atom stereocenters. The van der Waals surface area contributed by atoms with Crippen LogP contribution in [0.2, 0.25) is 0 Å². The lowest BCUT2D eigenvalue weighted by atomic mass is 9.68. The molecule has 3 aromatic rings. The number of rotatable bonds is 3. The molecule has 13 heteroatoms. The Kier molecular flexibility index (Phi) is 6.03. The van der Waals surface area contributed by atoms with Crippen molar-refractivity contribution in [2.75, 3.05) is 0 Å². The number of halogens is 9. The molecular weight excluding hydrogens is 499 g/mol. The van der Waals surface area contributed by atoms with Gasteiger partial charge in [0.1, 0.15) is 5.41 Å². The molecule has 0 aliphatic heterocycles. The Labute approximate surface area is 190 Å². The van der Waals surface area contributed by atoms with Crippen molar-refractivity contribution in [1.29, 1.82) is 0 Å². The topological polar surface area (TPSA) is 80.9 Å². The fraction of sp³-hybridized carbons (Fsp3) is 0.182. The molecule has 0 spiro atoms. The van der Waals surface area contributed by atoms with E-state index in [1.165, 1.54) is 0 Å². The quantitative estimate of drug-likeness (QED) is 0.185. The molecule has 0 saturated heterocycles. The Bertz CT molecular complexity index is 1180. The average Bonchev–Trinajstić information content (AvgIpc) is 2.71. The van der Waals surface area contributed by atoms with Crippen LogP contribution in [0.4, 0.5) is 39.5 Å². The molecule has 0 aliphatic carbocycles. The van der Waals surface area contributed by atoms with E-state index in [4.69, 9.17) is 0 Å². The maximum atomic E-state index is 14.9. The van der Waals surface area contributed by atoms with Crippen LogP contribution < -0.4 is 0 Å². The lowest BCUT2D eigenvalue weighted by molar-refractivity contribution is -0.167. The highest BCUT2D eigenvalue weighted by molar-refractivity contribution is 5.59. The van der Waals surface area contributed by atoms with Crippen molar-refractivity contribution >= 4 is 0 Å². The zero-order valence-corrected chi connectivity index (χ0v) is 16.9. The Balaban J connectivity index is 2.60. The molecule has 3 rings (SSSR count). The summed E-state index contributed by atoms with van der Waals surface area (Å²) < 4.78 is 125. The van der Waals surface area contributed by atoms with Gasteiger partial charge in [-0.1, -0.05) is 12.1 Å². The zero-order chi connectivity index (χ0) is 26.6. The van der Waals surface area contributed by atoms with Crippen LogP contribution in [0.1, 0.15) is 27.8 Å². The summed E-state index contributed by atoms with van der Waals surface area (Å²) in [6.45, 7) is 0. The first-order valence-electron chi connectivity index (χ1n) is 9.30. The summed E-state index contributed by atoms with van der Waals surface area (Å²) >= 11 is 0. The van der Waals surface area contributed by atoms with E-state index in [2.05, 4.69) is 0 Å². The monoisotopic (exact) mass is 512 g/mol. The summed E-state index contributed by atoms with van der Waals surface area (Å²) in [6.07, 6.45) is -16.7. The fourth-order valence-electron chi connectivity index (χ4n) is 3.68. The van der Waals surface area contributed by atoms with Crippen LogP contribution >= 0.6 is 0 Å². The summed E-state index contributed by atoms with van der Waals surface area (Å²) in [4.78, 5) is 0. The number of phenolic OH excluding ortho intramolecular Hbond substituents is 4. The van der Waals surface area contributed by atoms with Gasteiger partial charge in [-0.05, 0) is 59.2 Å². The molecule has 4 N–H and O–H groups in total. The van der Waals surface area contributed by atoms with Crippen LogP contribution in [0, 0.1) is 0 Å². The highest BCUT2D eigenvalue weighted by Crippen LogP contribution is 2.54. The smallest absolute Gasteiger partial charge is 0.416 e. The summed E-state index contributed by atoms with van der Waals surface area (Å²) in [5, 5.41) is 38.7. The fourth-order valence-corrected chi connectivity index (χ4v) is 3.68. The summed E-state index contributed by atoms with van der Waals surface area (Å²) in [7, 11) is 0. The first kappa shape index (κ1) is 25.8. The molecule has 0 heterocycles. The molecule has 0 atom stereocenters. The van der Waals surface area contributed by atoms with Crippen LogP contribution in [0.15, 0.2) is 54.6 Å². The third-order valence-corrected chi connectivity index (χ3v) is 5.26. The van der Waals surface area contributed by atoms with Gasteiger partial charge in [0.05, 0.1) is 11.1 Å². The first-order valence-corrected chi connectivity index (χ1v) is 9.30. The van der Waals surface area contributed by atoms with Crippen LogP contribution in [-0.2, 0) is 17.8 Å². The number of benzene rings is 3. The molecular formula is C22H13F9O4. The molecule has 0 fully saturated rings. The van der Waals surface area contributed by atoms with Gasteiger partial charge in [0.25, 0.3) is 0 Å². The second-order valence-electron chi connectivity index (χ2n) is 7.45. The Morgan fingerprint density at radius 3 is 1.03 bits per heavy atom. The van der Waals surface area contributed by atoms with E-state index >= 15 is 0 Å². The van der Waals surface area contributed by atoms with Crippen LogP contribution in [0.25, 0.3) is 0 Å². The number of hydrogen-bond acceptors (Lipinski definition) is 4. The van der Waals surface area contributed by atoms with Gasteiger partial charge in [-0.2, -0.15) is 39.5 Å². The molecule has 0 aliphatic rings. The van der Waals surface area contributed by atoms with E-state index in [9.17, 15) is 59.9 Å². The second kappa shape index (κ2) is 8.17. The first-order chi connectivity index (χ1) is 15.9. The lowest BCUT2D eigenvalue weighted by Crippen LogP contribution is -2.45. The Morgan fingerprint density at radius 2 is 0.743 bits per heavy atom. The highest BCUT2D eigenvalue weighted by atomic mass is 19.4. The van der Waals surface area contributed by atoms with E-state index in [0.717, 1.165) is 0 Å². The van der Waals surface area contributed by atoms with E-state index in [0.29, 0.717) is 36.4 Å². The summed E-state index contributed by atoms with van der Waals surface area (Å²) in [5.41, 5.74) is -11.6. The van der Waals surface area contributed by atoms with Gasteiger partial charge in [0.2, 0.25) is 0 Å². The predicted molar refractivity (Wildman–Crippen MR) is 102 cm³/mol. The van der Waals surface area contributed by atoms with Crippen molar-refractivity contribution in [2.45, 2.75) is 23.9 Å². The molecule has 0 saturated carbocycles. The molecule has 0 radical (unpaired) electrons. The Morgan fingerprint density at radius 1 is 0.400 bits per heavy atom. The third kappa shape index (κ3) is 4.49. The molecule has 0 aromatic heterocycles. The Hall–Kier alpha value is -3.77. The minimum absolute atomic E-state index is 0.128. The molecule has 4 nitrogen and oxygen atoms in total. The van der Waals surface area contributed by atoms with Gasteiger partial charge < -0.3 is 20.4 Å². The van der Waals surface area contributed by atoms with Gasteiger partial charge >= 0.3 is 18.5 Å². The largest absolute Gasteiger partial charge is 0.504 e. The summed E-state index contributed by atoms with van der Waals surface area (Å²) in [6, 6.07) is 2.23. The van der Waals surface area contributed by atoms with Gasteiger partial charge in [-0.3, -0.25) is 0 Å². The van der Waals surface area contributed by atoms with Crippen LogP contribution in [0.3, 0.4) is 0 Å². The number of aromatic hydroxyl groups is 4. The molecule has 0 bridgehead atoms. The van der Waals surface area contributed by atoms with Gasteiger partial charge in [0, 0.05) is 0 Å². The van der Waals surface area contributed by atoms with Crippen molar-refractivity contribution in [3.05, 3.63) is 82.4 Å². The van der Waals surface area contributed by atoms with Crippen LogP contribution in [-0.4, -0.2) is 26.6 Å². The molecule has 3 aromatic carbocycles. The highest BCUT2D eigenvalue weighted by Gasteiger charge is 2.59. The van der Waals surface area contributed by atoms with Crippen molar-refractivity contribution in [1.82, 2.24) is 0 Å². The SMILES string of the molecule is Oc1ccc(C(c2cc(C(F)(F)F)cc(C(F)(F)F)c2)(c2ccc(O)c(O)c2)C(F)(F)F)cc1O. The van der Waals surface area contributed by atoms with Crippen molar-refractivity contribution in [3.8, 4) is 23.0 Å². The maximum absolute atomic E-state index is 14.9. The lowest BCUT2D eigenvalue weighted by Gasteiger charge is -2.38. The minimum Gasteiger partial charge on any atom is -0.504 e. The zero-order valence-electron chi connectivity index (χ0n) is 16.9. The van der Waals surface area contributed by atoms with E-state index in [1.807, 2.05) is 0 Å². The van der Waals surface area contributed by atoms with E-state index in [-0.39, 0.29) is 18.2 Å². The number of alkyl halides is 9. The van der Waals surface area contributed by atoms with Crippen molar-refractivity contribution in [2.24, 2.45) is 0 Å². The van der Waals surface area contributed by atoms with Gasteiger partial charge in [-0.25, -0.2) is 0 Å². The normalized spacial score (nSPS) is 13.2. The molecule has 35 heavy (non-hydrogen) atoms. The third-order valence-electron chi connectivity index (χ3n) is 5.26. The van der Waals surface area contributed by atoms with E-state index in [1.54, 1.807) is 0 Å². The molecule has 0 amide bonds. The number of phenols is 4. The average molecular weight is 512 g/mol.